The quantitative estimate of drug-likeness (QED) is 0.597. The van der Waals surface area contributed by atoms with Gasteiger partial charge in [0.15, 0.2) is 0 Å². The van der Waals surface area contributed by atoms with Crippen molar-refractivity contribution < 1.29 is 15.0 Å². The Bertz CT molecular complexity index is 498. The molecule has 3 nitrogen and oxygen atoms in total. The van der Waals surface area contributed by atoms with E-state index >= 15 is 0 Å². The molecule has 1 aromatic rings. The van der Waals surface area contributed by atoms with Gasteiger partial charge in [-0.3, -0.25) is 0 Å². The van der Waals surface area contributed by atoms with E-state index < -0.39 is 5.97 Å². The van der Waals surface area contributed by atoms with E-state index in [2.05, 4.69) is 26.2 Å². The monoisotopic (exact) mass is 302 g/mol. The molecule has 2 N–H and O–H groups in total. The van der Waals surface area contributed by atoms with Gasteiger partial charge in [-0.2, -0.15) is 0 Å². The van der Waals surface area contributed by atoms with Gasteiger partial charge in [0.05, 0.1) is 0 Å². The number of aliphatic carboxylic acids is 1. The molecule has 0 fully saturated rings. The van der Waals surface area contributed by atoms with E-state index in [4.69, 9.17) is 10.2 Å². The lowest BCUT2D eigenvalue weighted by Gasteiger charge is -1.90. The minimum absolute atomic E-state index is 0.176. The van der Waals surface area contributed by atoms with Crippen LogP contribution in [0, 0.1) is 0 Å². The van der Waals surface area contributed by atoms with E-state index in [0.29, 0.717) is 5.75 Å². The Morgan fingerprint density at radius 2 is 1.86 bits per heavy atom. The molecule has 0 amide bonds. The zero-order chi connectivity index (χ0) is 17.0. The predicted octanol–water partition coefficient (Wildman–Crippen LogP) is 5.19. The van der Waals surface area contributed by atoms with Crippen molar-refractivity contribution >= 4 is 12.0 Å². The number of carbonyl (C=O) groups is 1. The first kappa shape index (κ1) is 19.7. The first-order valence-electron chi connectivity index (χ1n) is 7.38. The van der Waals surface area contributed by atoms with Crippen LogP contribution < -0.4 is 0 Å². The van der Waals surface area contributed by atoms with Gasteiger partial charge in [-0.25, -0.2) is 4.79 Å². The Morgan fingerprint density at radius 1 is 1.32 bits per heavy atom. The lowest BCUT2D eigenvalue weighted by atomic mass is 10.2. The van der Waals surface area contributed by atoms with Crippen LogP contribution in [0.1, 0.15) is 45.1 Å². The Morgan fingerprint density at radius 3 is 2.14 bits per heavy atom. The van der Waals surface area contributed by atoms with Crippen LogP contribution in [0.3, 0.4) is 0 Å². The molecule has 0 heterocycles. The highest BCUT2D eigenvalue weighted by Crippen LogP contribution is 2.19. The summed E-state index contributed by atoms with van der Waals surface area (Å²) in [4.78, 5) is 9.60. The molecule has 0 radical (unpaired) electrons. The number of benzene rings is 1. The molecular formula is C19H26O3. The Balaban J connectivity index is 0.000000309. The third kappa shape index (κ3) is 9.59. The molecule has 1 aliphatic carbocycles. The Kier molecular flexibility index (Phi) is 10.2. The maximum Gasteiger partial charge on any atom is 0.330 e. The summed E-state index contributed by atoms with van der Waals surface area (Å²) in [5.41, 5.74) is 2.86. The second-order valence-corrected chi connectivity index (χ2v) is 4.99. The molecule has 0 saturated carbocycles. The third-order valence-electron chi connectivity index (χ3n) is 3.08. The number of phenolic OH excluding ortho intramolecular Hbond substituents is 1. The lowest BCUT2D eigenvalue weighted by Crippen LogP contribution is -1.92. The number of hydrogen-bond donors (Lipinski definition) is 2. The first-order valence-corrected chi connectivity index (χ1v) is 7.38. The highest BCUT2D eigenvalue weighted by molar-refractivity contribution is 5.84. The van der Waals surface area contributed by atoms with Gasteiger partial charge in [0.2, 0.25) is 0 Å². The summed E-state index contributed by atoms with van der Waals surface area (Å²) < 4.78 is 0. The van der Waals surface area contributed by atoms with Gasteiger partial charge in [0, 0.05) is 5.57 Å². The number of aromatic hydroxyl groups is 1. The minimum Gasteiger partial charge on any atom is -0.508 e. The summed E-state index contributed by atoms with van der Waals surface area (Å²) >= 11 is 0. The zero-order valence-electron chi connectivity index (χ0n) is 13.5. The molecule has 3 heteroatoms. The Labute approximate surface area is 133 Å². The van der Waals surface area contributed by atoms with Gasteiger partial charge in [-0.15, -0.1) is 0 Å². The number of carboxylic acids is 1. The topological polar surface area (TPSA) is 57.5 Å². The van der Waals surface area contributed by atoms with Gasteiger partial charge in [0.1, 0.15) is 5.75 Å². The molecule has 0 spiro atoms. The highest BCUT2D eigenvalue weighted by Gasteiger charge is 1.99. The second-order valence-electron chi connectivity index (χ2n) is 4.99. The maximum absolute atomic E-state index is 9.60. The van der Waals surface area contributed by atoms with Crippen molar-refractivity contribution in [3.05, 3.63) is 60.2 Å². The van der Waals surface area contributed by atoms with Crippen LogP contribution in [0.5, 0.6) is 5.75 Å². The molecular weight excluding hydrogens is 276 g/mol. The van der Waals surface area contributed by atoms with E-state index in [-0.39, 0.29) is 5.57 Å². The number of hydrogen-bond acceptors (Lipinski definition) is 2. The van der Waals surface area contributed by atoms with Gasteiger partial charge in [0.25, 0.3) is 0 Å². The van der Waals surface area contributed by atoms with Crippen LogP contribution >= 0.6 is 0 Å². The van der Waals surface area contributed by atoms with Crippen molar-refractivity contribution in [1.29, 1.82) is 0 Å². The van der Waals surface area contributed by atoms with Crippen LogP contribution in [-0.2, 0) is 4.79 Å². The molecule has 2 rings (SSSR count). The number of phenols is 1. The van der Waals surface area contributed by atoms with Crippen molar-refractivity contribution in [3.63, 3.8) is 0 Å². The fourth-order valence-electron chi connectivity index (χ4n) is 1.67. The summed E-state index contributed by atoms with van der Waals surface area (Å²) in [5.74, 6) is -0.643. The normalized spacial score (nSPS) is 12.0. The van der Waals surface area contributed by atoms with E-state index in [0.717, 1.165) is 5.56 Å². The standard InChI is InChI=1S/C8H8O.C7H12.C4H6O2/c1-2-7-3-5-8(9)6-4-7;1-2-7-5-3-4-6-7;1-3(2)4(5)6/h2-6,9H,1H2;5H,2-4,6H2,1H3;1H2,2H3,(H,5,6). The van der Waals surface area contributed by atoms with Crippen LogP contribution in [0.15, 0.2) is 54.6 Å². The van der Waals surface area contributed by atoms with Crippen molar-refractivity contribution in [2.75, 3.05) is 0 Å². The smallest absolute Gasteiger partial charge is 0.330 e. The van der Waals surface area contributed by atoms with Crippen LogP contribution in [0.4, 0.5) is 0 Å². The third-order valence-corrected chi connectivity index (χ3v) is 3.08. The summed E-state index contributed by atoms with van der Waals surface area (Å²) in [6.07, 6.45) is 9.50. The summed E-state index contributed by atoms with van der Waals surface area (Å²) in [6, 6.07) is 6.89. The molecule has 0 bridgehead atoms. The molecule has 22 heavy (non-hydrogen) atoms. The summed E-state index contributed by atoms with van der Waals surface area (Å²) in [6.45, 7) is 10.4. The lowest BCUT2D eigenvalue weighted by molar-refractivity contribution is -0.132. The summed E-state index contributed by atoms with van der Waals surface area (Å²) in [7, 11) is 0. The van der Waals surface area contributed by atoms with Crippen LogP contribution in [0.2, 0.25) is 0 Å². The van der Waals surface area contributed by atoms with Gasteiger partial charge >= 0.3 is 5.97 Å². The van der Waals surface area contributed by atoms with Crippen molar-refractivity contribution in [3.8, 4) is 5.75 Å². The van der Waals surface area contributed by atoms with Crippen molar-refractivity contribution in [2.45, 2.75) is 39.5 Å². The van der Waals surface area contributed by atoms with E-state index in [9.17, 15) is 4.79 Å². The predicted molar refractivity (Wildman–Crippen MR) is 92.9 cm³/mol. The minimum atomic E-state index is -0.935. The van der Waals surface area contributed by atoms with E-state index in [1.54, 1.807) is 23.8 Å². The zero-order valence-corrected chi connectivity index (χ0v) is 13.5. The van der Waals surface area contributed by atoms with Crippen LogP contribution in [0.25, 0.3) is 6.08 Å². The Hall–Kier alpha value is -2.29. The maximum atomic E-state index is 9.60. The molecule has 0 aliphatic heterocycles. The van der Waals surface area contributed by atoms with Crippen molar-refractivity contribution in [2.24, 2.45) is 0 Å². The van der Waals surface area contributed by atoms with E-state index in [1.807, 2.05) is 12.1 Å². The van der Waals surface area contributed by atoms with Gasteiger partial charge in [-0.1, -0.05) is 49.9 Å². The molecule has 1 aromatic carbocycles. The molecule has 0 aromatic heterocycles. The SMILES string of the molecule is C=C(C)C(=O)O.C=Cc1ccc(O)cc1.CCC1=CCCC1. The van der Waals surface area contributed by atoms with Crippen LogP contribution in [-0.4, -0.2) is 16.2 Å². The summed E-state index contributed by atoms with van der Waals surface area (Å²) in [5, 5.41) is 16.7. The fourth-order valence-corrected chi connectivity index (χ4v) is 1.67. The van der Waals surface area contributed by atoms with E-state index in [1.165, 1.54) is 32.6 Å². The number of rotatable bonds is 3. The molecule has 0 atom stereocenters. The number of carboxylic acid groups (broad SMARTS) is 1. The van der Waals surface area contributed by atoms with Gasteiger partial charge in [-0.05, 0) is 50.3 Å². The van der Waals surface area contributed by atoms with Gasteiger partial charge < -0.3 is 10.2 Å². The largest absolute Gasteiger partial charge is 0.508 e. The second kappa shape index (κ2) is 11.4. The molecule has 1 aliphatic rings. The van der Waals surface area contributed by atoms with Crippen molar-refractivity contribution in [1.82, 2.24) is 0 Å². The fraction of sp³-hybridized carbons (Fsp3) is 0.316. The highest BCUT2D eigenvalue weighted by atomic mass is 16.4. The average molecular weight is 302 g/mol. The molecule has 0 unspecified atom stereocenters. The average Bonchev–Trinajstić information content (AvgIpc) is 3.03. The molecule has 120 valence electrons. The first-order chi connectivity index (χ1) is 10.4. The molecule has 0 saturated heterocycles. The number of allylic oxidation sites excluding steroid dienone is 2.